The second-order valence-electron chi connectivity index (χ2n) is 7.20. The third-order valence-corrected chi connectivity index (χ3v) is 4.31. The lowest BCUT2D eigenvalue weighted by molar-refractivity contribution is -0.136. The first-order valence-electron chi connectivity index (χ1n) is 9.67. The maximum absolute atomic E-state index is 12.3. The van der Waals surface area contributed by atoms with Gasteiger partial charge in [-0.15, -0.1) is 0 Å². The number of rotatable bonds is 7. The summed E-state index contributed by atoms with van der Waals surface area (Å²) in [5.41, 5.74) is 1.40. The van der Waals surface area contributed by atoms with Crippen molar-refractivity contribution in [2.75, 3.05) is 5.32 Å². The number of nitrogens with one attached hydrogen (secondary N) is 3. The van der Waals surface area contributed by atoms with Gasteiger partial charge in [-0.1, -0.05) is 30.3 Å². The minimum absolute atomic E-state index is 0.00608. The van der Waals surface area contributed by atoms with E-state index in [4.69, 9.17) is 4.74 Å². The van der Waals surface area contributed by atoms with Crippen molar-refractivity contribution in [1.82, 2.24) is 10.6 Å². The Morgan fingerprint density at radius 3 is 2.41 bits per heavy atom. The Hall–Kier alpha value is -3.35. The van der Waals surface area contributed by atoms with Crippen LogP contribution in [-0.4, -0.2) is 29.9 Å². The zero-order valence-electron chi connectivity index (χ0n) is 16.5. The van der Waals surface area contributed by atoms with E-state index in [0.29, 0.717) is 17.0 Å². The van der Waals surface area contributed by atoms with E-state index in [-0.39, 0.29) is 24.6 Å². The molecule has 0 saturated heterocycles. The van der Waals surface area contributed by atoms with Gasteiger partial charge in [-0.2, -0.15) is 0 Å². The Kier molecular flexibility index (Phi) is 6.49. The lowest BCUT2D eigenvalue weighted by Crippen LogP contribution is -2.36. The Balaban J connectivity index is 1.60. The molecular formula is C22H25N3O4. The van der Waals surface area contributed by atoms with Gasteiger partial charge in [-0.3, -0.25) is 14.4 Å². The highest BCUT2D eigenvalue weighted by atomic mass is 16.5. The van der Waals surface area contributed by atoms with E-state index in [1.807, 2.05) is 38.1 Å². The first-order chi connectivity index (χ1) is 13.9. The molecule has 0 heterocycles. The molecule has 1 saturated carbocycles. The quantitative estimate of drug-likeness (QED) is 0.628. The molecule has 1 aliphatic carbocycles. The van der Waals surface area contributed by atoms with E-state index in [9.17, 15) is 14.4 Å². The van der Waals surface area contributed by atoms with Crippen LogP contribution in [0.5, 0.6) is 5.75 Å². The SMILES string of the molecule is CC(C)Oc1ccccc1CNC(=O)C(=O)Nc1ccccc1C(=O)NC1CC1. The van der Waals surface area contributed by atoms with E-state index >= 15 is 0 Å². The molecule has 7 heteroatoms. The first-order valence-corrected chi connectivity index (χ1v) is 9.67. The fourth-order valence-corrected chi connectivity index (χ4v) is 2.73. The van der Waals surface area contributed by atoms with Crippen molar-refractivity contribution < 1.29 is 19.1 Å². The summed E-state index contributed by atoms with van der Waals surface area (Å²) in [7, 11) is 0. The van der Waals surface area contributed by atoms with Gasteiger partial charge in [-0.25, -0.2) is 0 Å². The van der Waals surface area contributed by atoms with Gasteiger partial charge in [0.25, 0.3) is 5.91 Å². The second kappa shape index (κ2) is 9.23. The van der Waals surface area contributed by atoms with E-state index in [1.165, 1.54) is 0 Å². The summed E-state index contributed by atoms with van der Waals surface area (Å²) in [4.78, 5) is 36.9. The van der Waals surface area contributed by atoms with Crippen LogP contribution in [0, 0.1) is 0 Å². The molecule has 0 unspecified atom stereocenters. The molecule has 1 fully saturated rings. The minimum Gasteiger partial charge on any atom is -0.491 e. The molecule has 0 spiro atoms. The molecule has 0 atom stereocenters. The highest BCUT2D eigenvalue weighted by Gasteiger charge is 2.25. The van der Waals surface area contributed by atoms with Crippen LogP contribution in [0.4, 0.5) is 5.69 Å². The fraction of sp³-hybridized carbons (Fsp3) is 0.318. The third kappa shape index (κ3) is 5.81. The standard InChI is InChI=1S/C22H25N3O4/c1-14(2)29-19-10-6-3-7-15(19)13-23-21(27)22(28)25-18-9-5-4-8-17(18)20(26)24-16-11-12-16/h3-10,14,16H,11-13H2,1-2H3,(H,23,27)(H,24,26)(H,25,28). The lowest BCUT2D eigenvalue weighted by atomic mass is 10.1. The maximum atomic E-state index is 12.3. The van der Waals surface area contributed by atoms with Crippen LogP contribution in [0.25, 0.3) is 0 Å². The number of carbonyl (C=O) groups excluding carboxylic acids is 3. The van der Waals surface area contributed by atoms with Crippen LogP contribution in [0.15, 0.2) is 48.5 Å². The predicted octanol–water partition coefficient (Wildman–Crippen LogP) is 2.62. The zero-order chi connectivity index (χ0) is 20.8. The van der Waals surface area contributed by atoms with Crippen molar-refractivity contribution in [3.05, 3.63) is 59.7 Å². The summed E-state index contributed by atoms with van der Waals surface area (Å²) in [5, 5.41) is 7.99. The Bertz CT molecular complexity index is 906. The summed E-state index contributed by atoms with van der Waals surface area (Å²) in [6, 6.07) is 14.1. The molecule has 2 aromatic carbocycles. The summed E-state index contributed by atoms with van der Waals surface area (Å²) in [5.74, 6) is -1.23. The Morgan fingerprint density at radius 2 is 1.69 bits per heavy atom. The predicted molar refractivity (Wildman–Crippen MR) is 110 cm³/mol. The monoisotopic (exact) mass is 395 g/mol. The summed E-state index contributed by atoms with van der Waals surface area (Å²) in [6.07, 6.45) is 1.92. The molecule has 1 aliphatic rings. The number of hydrogen-bond acceptors (Lipinski definition) is 4. The molecule has 0 aromatic heterocycles. The Labute approximate surface area is 169 Å². The van der Waals surface area contributed by atoms with Gasteiger partial charge in [0.05, 0.1) is 17.4 Å². The van der Waals surface area contributed by atoms with E-state index < -0.39 is 11.8 Å². The van der Waals surface area contributed by atoms with Crippen LogP contribution < -0.4 is 20.7 Å². The molecule has 0 bridgehead atoms. The average molecular weight is 395 g/mol. The summed E-state index contributed by atoms with van der Waals surface area (Å²) in [6.45, 7) is 3.98. The molecule has 3 rings (SSSR count). The third-order valence-electron chi connectivity index (χ3n) is 4.31. The van der Waals surface area contributed by atoms with Crippen LogP contribution >= 0.6 is 0 Å². The van der Waals surface area contributed by atoms with Crippen LogP contribution in [0.3, 0.4) is 0 Å². The first kappa shape index (κ1) is 20.4. The van der Waals surface area contributed by atoms with Crippen LogP contribution in [0.2, 0.25) is 0 Å². The van der Waals surface area contributed by atoms with E-state index in [0.717, 1.165) is 18.4 Å². The van der Waals surface area contributed by atoms with Gasteiger partial charge in [0.1, 0.15) is 5.75 Å². The van der Waals surface area contributed by atoms with Crippen LogP contribution in [-0.2, 0) is 16.1 Å². The van der Waals surface area contributed by atoms with Gasteiger partial charge < -0.3 is 20.7 Å². The fourth-order valence-electron chi connectivity index (χ4n) is 2.73. The normalized spacial score (nSPS) is 12.9. The molecule has 0 aliphatic heterocycles. The van der Waals surface area contributed by atoms with Crippen molar-refractivity contribution in [2.45, 2.75) is 45.4 Å². The van der Waals surface area contributed by atoms with Gasteiger partial charge in [-0.05, 0) is 44.9 Å². The molecule has 2 aromatic rings. The number of anilines is 1. The van der Waals surface area contributed by atoms with Gasteiger partial charge in [0.15, 0.2) is 0 Å². The molecule has 29 heavy (non-hydrogen) atoms. The largest absolute Gasteiger partial charge is 0.491 e. The number of para-hydroxylation sites is 2. The average Bonchev–Trinajstić information content (AvgIpc) is 3.51. The van der Waals surface area contributed by atoms with Gasteiger partial charge >= 0.3 is 11.8 Å². The lowest BCUT2D eigenvalue weighted by Gasteiger charge is -2.15. The smallest absolute Gasteiger partial charge is 0.313 e. The van der Waals surface area contributed by atoms with Crippen molar-refractivity contribution in [2.24, 2.45) is 0 Å². The van der Waals surface area contributed by atoms with Crippen molar-refractivity contribution >= 4 is 23.4 Å². The van der Waals surface area contributed by atoms with Crippen molar-refractivity contribution in [3.63, 3.8) is 0 Å². The van der Waals surface area contributed by atoms with Gasteiger partial charge in [0.2, 0.25) is 0 Å². The van der Waals surface area contributed by atoms with Crippen LogP contribution in [0.1, 0.15) is 42.6 Å². The van der Waals surface area contributed by atoms with Crippen molar-refractivity contribution in [1.29, 1.82) is 0 Å². The molecule has 7 nitrogen and oxygen atoms in total. The molecule has 152 valence electrons. The van der Waals surface area contributed by atoms with Gasteiger partial charge in [0, 0.05) is 18.2 Å². The molecular weight excluding hydrogens is 370 g/mol. The number of ether oxygens (including phenoxy) is 1. The zero-order valence-corrected chi connectivity index (χ0v) is 16.5. The summed E-state index contributed by atoms with van der Waals surface area (Å²) >= 11 is 0. The topological polar surface area (TPSA) is 96.5 Å². The molecule has 3 N–H and O–H groups in total. The highest BCUT2D eigenvalue weighted by molar-refractivity contribution is 6.40. The number of benzene rings is 2. The maximum Gasteiger partial charge on any atom is 0.313 e. The number of amides is 3. The minimum atomic E-state index is -0.834. The molecule has 3 amide bonds. The van der Waals surface area contributed by atoms with E-state index in [1.54, 1.807) is 24.3 Å². The number of carbonyl (C=O) groups is 3. The molecule has 0 radical (unpaired) electrons. The number of hydrogen-bond donors (Lipinski definition) is 3. The highest BCUT2D eigenvalue weighted by Crippen LogP contribution is 2.22. The summed E-state index contributed by atoms with van der Waals surface area (Å²) < 4.78 is 5.72. The second-order valence-corrected chi connectivity index (χ2v) is 7.20. The van der Waals surface area contributed by atoms with Crippen molar-refractivity contribution in [3.8, 4) is 5.75 Å². The Morgan fingerprint density at radius 1 is 1.00 bits per heavy atom. The van der Waals surface area contributed by atoms with E-state index in [2.05, 4.69) is 16.0 Å².